The number of anilines is 1. The first-order valence-electron chi connectivity index (χ1n) is 11.5. The maximum Gasteiger partial charge on any atom is 0.269 e. The second-order valence-electron chi connectivity index (χ2n) is 8.77. The minimum Gasteiger partial charge on any atom is -0.391 e. The summed E-state index contributed by atoms with van der Waals surface area (Å²) in [4.78, 5) is 52.4. The Bertz CT molecular complexity index is 931. The second-order valence-corrected chi connectivity index (χ2v) is 8.77. The fourth-order valence-corrected chi connectivity index (χ4v) is 3.21. The first kappa shape index (κ1) is 30.3. The minimum atomic E-state index is -1.36. The van der Waals surface area contributed by atoms with E-state index in [9.17, 15) is 29.6 Å². The van der Waals surface area contributed by atoms with Gasteiger partial charge in [-0.2, -0.15) is 0 Å². The molecule has 1 unspecified atom stereocenters. The van der Waals surface area contributed by atoms with Gasteiger partial charge in [-0.1, -0.05) is 13.8 Å². The zero-order valence-electron chi connectivity index (χ0n) is 20.6. The number of guanidine groups is 1. The lowest BCUT2D eigenvalue weighted by atomic mass is 10.0. The van der Waals surface area contributed by atoms with Crippen LogP contribution in [0.15, 0.2) is 29.3 Å². The van der Waals surface area contributed by atoms with Crippen LogP contribution >= 0.6 is 0 Å². The number of nitrogens with two attached hydrogens (primary N) is 3. The topological polar surface area (TPSA) is 241 Å². The molecule has 0 saturated heterocycles. The van der Waals surface area contributed by atoms with Gasteiger partial charge in [0, 0.05) is 24.4 Å². The molecule has 0 heterocycles. The van der Waals surface area contributed by atoms with Gasteiger partial charge in [0.15, 0.2) is 5.96 Å². The van der Waals surface area contributed by atoms with Crippen LogP contribution in [-0.2, 0) is 14.4 Å². The SMILES string of the molecule is CC(C)C[C@@H](N)C(=O)N[C@H](C(=O)N[C@@H](CCCN=C(N)N)C(=O)Nc1ccc([N+](=O)[O-])cc1)C(C)O. The van der Waals surface area contributed by atoms with Crippen LogP contribution in [0.2, 0.25) is 0 Å². The van der Waals surface area contributed by atoms with E-state index in [1.165, 1.54) is 31.2 Å². The molecule has 1 aromatic rings. The molecule has 14 heteroatoms. The zero-order chi connectivity index (χ0) is 27.4. The Morgan fingerprint density at radius 2 is 1.67 bits per heavy atom. The number of carbonyl (C=O) groups is 3. The fourth-order valence-electron chi connectivity index (χ4n) is 3.21. The molecule has 0 aromatic heterocycles. The molecule has 0 aliphatic heterocycles. The summed E-state index contributed by atoms with van der Waals surface area (Å²) < 4.78 is 0. The van der Waals surface area contributed by atoms with Crippen molar-refractivity contribution in [2.24, 2.45) is 28.1 Å². The number of aliphatic hydroxyl groups is 1. The van der Waals surface area contributed by atoms with E-state index in [1.54, 1.807) is 0 Å². The highest BCUT2D eigenvalue weighted by molar-refractivity contribution is 5.98. The number of nitro benzene ring substituents is 1. The van der Waals surface area contributed by atoms with Gasteiger partial charge >= 0.3 is 0 Å². The van der Waals surface area contributed by atoms with Crippen molar-refractivity contribution >= 4 is 35.1 Å². The predicted octanol–water partition coefficient (Wildman–Crippen LogP) is -0.689. The molecule has 0 fully saturated rings. The number of nitrogens with zero attached hydrogens (tertiary/aromatic N) is 2. The first-order valence-corrected chi connectivity index (χ1v) is 11.5. The molecule has 4 atom stereocenters. The molecule has 0 bridgehead atoms. The van der Waals surface area contributed by atoms with Crippen molar-refractivity contribution in [2.75, 3.05) is 11.9 Å². The molecule has 0 saturated carbocycles. The standard InChI is InChI=1S/C22H36N8O6/c1-12(2)11-16(23)19(32)29-18(13(3)31)21(34)28-17(5-4-10-26-22(24)25)20(33)27-14-6-8-15(9-7-14)30(35)36/h6-9,12-13,16-18,31H,4-5,10-11,23H2,1-3H3,(H,27,33)(H,28,34)(H,29,32)(H4,24,25,26)/t13?,16-,17+,18+/m1/s1. The maximum atomic E-state index is 12.9. The van der Waals surface area contributed by atoms with Gasteiger partial charge in [-0.05, 0) is 44.2 Å². The van der Waals surface area contributed by atoms with Crippen LogP contribution in [-0.4, -0.2) is 64.5 Å². The summed E-state index contributed by atoms with van der Waals surface area (Å²) in [7, 11) is 0. The number of carbonyl (C=O) groups excluding carboxylic acids is 3. The molecule has 0 radical (unpaired) electrons. The van der Waals surface area contributed by atoms with Crippen LogP contribution in [0.1, 0.15) is 40.0 Å². The van der Waals surface area contributed by atoms with Crippen LogP contribution in [0.4, 0.5) is 11.4 Å². The number of aliphatic imine (C=N–C) groups is 1. The Labute approximate surface area is 209 Å². The highest BCUT2D eigenvalue weighted by Gasteiger charge is 2.31. The number of hydrogen-bond donors (Lipinski definition) is 7. The summed E-state index contributed by atoms with van der Waals surface area (Å²) in [6, 6.07) is 1.82. The number of non-ortho nitro benzene ring substituents is 1. The third-order valence-corrected chi connectivity index (χ3v) is 5.05. The van der Waals surface area contributed by atoms with E-state index in [2.05, 4.69) is 20.9 Å². The Kier molecular flexibility index (Phi) is 12.3. The van der Waals surface area contributed by atoms with Gasteiger partial charge in [0.25, 0.3) is 5.69 Å². The second kappa shape index (κ2) is 14.6. The van der Waals surface area contributed by atoms with Gasteiger partial charge in [-0.15, -0.1) is 0 Å². The summed E-state index contributed by atoms with van der Waals surface area (Å²) in [5.41, 5.74) is 16.6. The van der Waals surface area contributed by atoms with Crippen LogP contribution in [0.3, 0.4) is 0 Å². The van der Waals surface area contributed by atoms with Crippen LogP contribution < -0.4 is 33.2 Å². The van der Waals surface area contributed by atoms with Crippen molar-refractivity contribution in [2.45, 2.75) is 64.3 Å². The lowest BCUT2D eigenvalue weighted by molar-refractivity contribution is -0.384. The van der Waals surface area contributed by atoms with Gasteiger partial charge in [0.1, 0.15) is 12.1 Å². The summed E-state index contributed by atoms with van der Waals surface area (Å²) >= 11 is 0. The van der Waals surface area contributed by atoms with Crippen molar-refractivity contribution in [1.29, 1.82) is 0 Å². The van der Waals surface area contributed by atoms with Gasteiger partial charge < -0.3 is 38.3 Å². The molecule has 0 aliphatic rings. The Hall–Kier alpha value is -3.78. The van der Waals surface area contributed by atoms with Crippen molar-refractivity contribution < 1.29 is 24.4 Å². The number of aliphatic hydroxyl groups excluding tert-OH is 1. The third kappa shape index (κ3) is 10.7. The first-order chi connectivity index (χ1) is 16.8. The normalized spacial score (nSPS) is 14.2. The van der Waals surface area contributed by atoms with E-state index >= 15 is 0 Å². The van der Waals surface area contributed by atoms with Crippen molar-refractivity contribution in [3.05, 3.63) is 34.4 Å². The number of benzene rings is 1. The van der Waals surface area contributed by atoms with E-state index in [1.807, 2.05) is 13.8 Å². The van der Waals surface area contributed by atoms with E-state index < -0.39 is 46.9 Å². The van der Waals surface area contributed by atoms with Gasteiger partial charge in [0.05, 0.1) is 17.1 Å². The average Bonchev–Trinajstić information content (AvgIpc) is 2.78. The molecule has 10 N–H and O–H groups in total. The summed E-state index contributed by atoms with van der Waals surface area (Å²) in [6.45, 7) is 5.30. The average molecular weight is 509 g/mol. The Morgan fingerprint density at radius 1 is 1.06 bits per heavy atom. The minimum absolute atomic E-state index is 0.120. The number of nitro groups is 1. The summed E-state index contributed by atoms with van der Waals surface area (Å²) in [5.74, 6) is -2.00. The molecule has 200 valence electrons. The van der Waals surface area contributed by atoms with Gasteiger partial charge in [-0.25, -0.2) is 0 Å². The van der Waals surface area contributed by atoms with Crippen LogP contribution in [0.5, 0.6) is 0 Å². The number of hydrogen-bond acceptors (Lipinski definition) is 8. The molecule has 0 spiro atoms. The molecule has 0 aliphatic carbocycles. The highest BCUT2D eigenvalue weighted by atomic mass is 16.6. The van der Waals surface area contributed by atoms with E-state index in [0.717, 1.165) is 0 Å². The molecule has 14 nitrogen and oxygen atoms in total. The highest BCUT2D eigenvalue weighted by Crippen LogP contribution is 2.16. The largest absolute Gasteiger partial charge is 0.391 e. The summed E-state index contributed by atoms with van der Waals surface area (Å²) in [5, 5.41) is 28.5. The van der Waals surface area contributed by atoms with Gasteiger partial charge in [-0.3, -0.25) is 29.5 Å². The monoisotopic (exact) mass is 508 g/mol. The predicted molar refractivity (Wildman–Crippen MR) is 135 cm³/mol. The third-order valence-electron chi connectivity index (χ3n) is 5.05. The quantitative estimate of drug-likeness (QED) is 0.0552. The van der Waals surface area contributed by atoms with E-state index in [4.69, 9.17) is 17.2 Å². The molecule has 36 heavy (non-hydrogen) atoms. The fraction of sp³-hybridized carbons (Fsp3) is 0.545. The molecule has 1 aromatic carbocycles. The Morgan fingerprint density at radius 3 is 2.17 bits per heavy atom. The molecule has 3 amide bonds. The van der Waals surface area contributed by atoms with Crippen molar-refractivity contribution in [3.63, 3.8) is 0 Å². The zero-order valence-corrected chi connectivity index (χ0v) is 20.6. The number of amides is 3. The number of nitrogens with one attached hydrogen (secondary N) is 3. The maximum absolute atomic E-state index is 12.9. The van der Waals surface area contributed by atoms with Gasteiger partial charge in [0.2, 0.25) is 17.7 Å². The van der Waals surface area contributed by atoms with E-state index in [0.29, 0.717) is 12.8 Å². The smallest absolute Gasteiger partial charge is 0.269 e. The molecular weight excluding hydrogens is 472 g/mol. The lowest BCUT2D eigenvalue weighted by Gasteiger charge is -2.26. The van der Waals surface area contributed by atoms with E-state index in [-0.39, 0.29) is 36.2 Å². The Balaban J connectivity index is 2.99. The van der Waals surface area contributed by atoms with Crippen molar-refractivity contribution in [3.8, 4) is 0 Å². The van der Waals surface area contributed by atoms with Crippen LogP contribution in [0, 0.1) is 16.0 Å². The van der Waals surface area contributed by atoms with Crippen molar-refractivity contribution in [1.82, 2.24) is 10.6 Å². The lowest BCUT2D eigenvalue weighted by Crippen LogP contribution is -2.58. The number of rotatable bonds is 14. The van der Waals surface area contributed by atoms with Crippen LogP contribution in [0.25, 0.3) is 0 Å². The molecular formula is C22H36N8O6. The molecule has 1 rings (SSSR count). The summed E-state index contributed by atoms with van der Waals surface area (Å²) in [6.07, 6.45) is -0.457.